The third-order valence-electron chi connectivity index (χ3n) is 2.75. The van der Waals surface area contributed by atoms with Crippen molar-refractivity contribution in [3.63, 3.8) is 0 Å². The van der Waals surface area contributed by atoms with Crippen LogP contribution in [-0.4, -0.2) is 26.1 Å². The molecule has 0 saturated heterocycles. The van der Waals surface area contributed by atoms with Crippen molar-refractivity contribution < 1.29 is 9.90 Å². The van der Waals surface area contributed by atoms with Gasteiger partial charge < -0.3 is 5.11 Å². The van der Waals surface area contributed by atoms with Crippen LogP contribution in [0.2, 0.25) is 0 Å². The van der Waals surface area contributed by atoms with E-state index in [0.717, 1.165) is 10.2 Å². The van der Waals surface area contributed by atoms with Crippen LogP contribution in [0.1, 0.15) is 10.4 Å². The van der Waals surface area contributed by atoms with Gasteiger partial charge in [-0.05, 0) is 36.4 Å². The Balaban J connectivity index is 2.24. The zero-order valence-electron chi connectivity index (χ0n) is 9.62. The smallest absolute Gasteiger partial charge is 0.335 e. The third-order valence-corrected chi connectivity index (χ3v) is 3.24. The van der Waals surface area contributed by atoms with E-state index in [2.05, 4.69) is 26.2 Å². The summed E-state index contributed by atoms with van der Waals surface area (Å²) in [6, 6.07) is 12.3. The second kappa shape index (κ2) is 4.47. The van der Waals surface area contributed by atoms with Crippen LogP contribution in [0, 0.1) is 0 Å². The van der Waals surface area contributed by atoms with Gasteiger partial charge in [0.25, 0.3) is 0 Å². The number of hydrogen-bond donors (Lipinski definition) is 1. The Labute approximate surface area is 116 Å². The van der Waals surface area contributed by atoms with Gasteiger partial charge in [-0.15, -0.1) is 5.10 Å². The molecule has 19 heavy (non-hydrogen) atoms. The molecule has 2 aromatic carbocycles. The molecular weight excluding hydrogens is 310 g/mol. The van der Waals surface area contributed by atoms with Crippen molar-refractivity contribution in [3.8, 4) is 5.69 Å². The number of aromatic carboxylic acids is 1. The summed E-state index contributed by atoms with van der Waals surface area (Å²) in [5.74, 6) is -0.969. The molecule has 1 aromatic heterocycles. The van der Waals surface area contributed by atoms with Gasteiger partial charge in [0.05, 0.1) is 16.8 Å². The zero-order valence-corrected chi connectivity index (χ0v) is 11.2. The molecular formula is C13H8BrN3O2. The lowest BCUT2D eigenvalue weighted by molar-refractivity contribution is 0.0697. The van der Waals surface area contributed by atoms with Crippen LogP contribution in [-0.2, 0) is 0 Å². The maximum atomic E-state index is 11.0. The van der Waals surface area contributed by atoms with Crippen molar-refractivity contribution in [2.45, 2.75) is 0 Å². The summed E-state index contributed by atoms with van der Waals surface area (Å²) in [5.41, 5.74) is 2.36. The largest absolute Gasteiger partial charge is 0.478 e. The molecule has 1 heterocycles. The van der Waals surface area contributed by atoms with E-state index in [-0.39, 0.29) is 5.56 Å². The number of hydrogen-bond acceptors (Lipinski definition) is 3. The van der Waals surface area contributed by atoms with Crippen LogP contribution in [0.15, 0.2) is 46.9 Å². The molecule has 1 N–H and O–H groups in total. The Morgan fingerprint density at radius 2 is 2.05 bits per heavy atom. The number of benzene rings is 2. The lowest BCUT2D eigenvalue weighted by atomic mass is 10.2. The average molecular weight is 318 g/mol. The van der Waals surface area contributed by atoms with E-state index in [0.29, 0.717) is 11.0 Å². The van der Waals surface area contributed by atoms with Gasteiger partial charge in [-0.1, -0.05) is 27.2 Å². The lowest BCUT2D eigenvalue weighted by Crippen LogP contribution is -1.99. The van der Waals surface area contributed by atoms with Gasteiger partial charge >= 0.3 is 5.97 Å². The highest BCUT2D eigenvalue weighted by molar-refractivity contribution is 9.10. The van der Waals surface area contributed by atoms with Crippen molar-refractivity contribution in [1.29, 1.82) is 0 Å². The third kappa shape index (κ3) is 2.10. The highest BCUT2D eigenvalue weighted by atomic mass is 79.9. The van der Waals surface area contributed by atoms with Gasteiger partial charge in [-0.3, -0.25) is 0 Å². The van der Waals surface area contributed by atoms with Gasteiger partial charge in [0, 0.05) is 4.47 Å². The molecule has 0 aliphatic heterocycles. The summed E-state index contributed by atoms with van der Waals surface area (Å²) in [4.78, 5) is 11.0. The van der Waals surface area contributed by atoms with Gasteiger partial charge in [0.1, 0.15) is 5.52 Å². The Bertz CT molecular complexity index is 782. The van der Waals surface area contributed by atoms with E-state index in [9.17, 15) is 4.79 Å². The fourth-order valence-corrected chi connectivity index (χ4v) is 2.24. The number of rotatable bonds is 2. The van der Waals surface area contributed by atoms with Crippen molar-refractivity contribution >= 4 is 32.9 Å². The maximum absolute atomic E-state index is 11.0. The predicted octanol–water partition coefficient (Wildman–Crippen LogP) is 2.88. The van der Waals surface area contributed by atoms with E-state index in [1.165, 1.54) is 6.07 Å². The molecule has 3 aromatic rings. The standard InChI is InChI=1S/C13H8BrN3O2/c14-9-2-1-3-10(7-9)17-12-6-8(13(18)19)4-5-11(12)15-16-17/h1-7H,(H,18,19). The van der Waals surface area contributed by atoms with Crippen LogP contribution in [0.25, 0.3) is 16.7 Å². The number of carboxylic acid groups (broad SMARTS) is 1. The minimum Gasteiger partial charge on any atom is -0.478 e. The minimum atomic E-state index is -0.969. The summed E-state index contributed by atoms with van der Waals surface area (Å²) in [7, 11) is 0. The summed E-state index contributed by atoms with van der Waals surface area (Å²) in [6.07, 6.45) is 0. The molecule has 0 aliphatic rings. The van der Waals surface area contributed by atoms with Gasteiger partial charge in [-0.25, -0.2) is 9.48 Å². The first-order valence-electron chi connectivity index (χ1n) is 5.50. The van der Waals surface area contributed by atoms with Gasteiger partial charge in [0.2, 0.25) is 0 Å². The SMILES string of the molecule is O=C(O)c1ccc2nnn(-c3cccc(Br)c3)c2c1. The minimum absolute atomic E-state index is 0.214. The van der Waals surface area contributed by atoms with E-state index in [1.54, 1.807) is 16.8 Å². The molecule has 6 heteroatoms. The van der Waals surface area contributed by atoms with Crippen LogP contribution >= 0.6 is 15.9 Å². The molecule has 0 atom stereocenters. The van der Waals surface area contributed by atoms with E-state index in [1.807, 2.05) is 24.3 Å². The monoisotopic (exact) mass is 317 g/mol. The Kier molecular flexibility index (Phi) is 2.79. The number of aromatic nitrogens is 3. The molecule has 5 nitrogen and oxygen atoms in total. The zero-order chi connectivity index (χ0) is 13.4. The summed E-state index contributed by atoms with van der Waals surface area (Å²) in [5, 5.41) is 17.1. The van der Waals surface area contributed by atoms with Crippen LogP contribution < -0.4 is 0 Å². The van der Waals surface area contributed by atoms with E-state index >= 15 is 0 Å². The summed E-state index contributed by atoms with van der Waals surface area (Å²) < 4.78 is 2.54. The summed E-state index contributed by atoms with van der Waals surface area (Å²) in [6.45, 7) is 0. The molecule has 0 amide bonds. The van der Waals surface area contributed by atoms with E-state index in [4.69, 9.17) is 5.11 Å². The Morgan fingerprint density at radius 1 is 1.21 bits per heavy atom. The summed E-state index contributed by atoms with van der Waals surface area (Å²) >= 11 is 3.39. The first-order valence-corrected chi connectivity index (χ1v) is 6.29. The topological polar surface area (TPSA) is 68.0 Å². The Morgan fingerprint density at radius 3 is 2.79 bits per heavy atom. The van der Waals surface area contributed by atoms with Crippen LogP contribution in [0.5, 0.6) is 0 Å². The number of halogens is 1. The maximum Gasteiger partial charge on any atom is 0.335 e. The second-order valence-electron chi connectivity index (χ2n) is 3.99. The van der Waals surface area contributed by atoms with Crippen molar-refractivity contribution in [2.75, 3.05) is 0 Å². The van der Waals surface area contributed by atoms with Crippen molar-refractivity contribution in [1.82, 2.24) is 15.0 Å². The molecule has 0 fully saturated rings. The molecule has 94 valence electrons. The molecule has 0 radical (unpaired) electrons. The van der Waals surface area contributed by atoms with E-state index < -0.39 is 5.97 Å². The fraction of sp³-hybridized carbons (Fsp3) is 0. The first-order chi connectivity index (χ1) is 9.15. The predicted molar refractivity (Wildman–Crippen MR) is 73.5 cm³/mol. The molecule has 0 aliphatic carbocycles. The fourth-order valence-electron chi connectivity index (χ4n) is 1.85. The molecule has 0 unspecified atom stereocenters. The Hall–Kier alpha value is -2.21. The quantitative estimate of drug-likeness (QED) is 0.789. The molecule has 0 saturated carbocycles. The molecule has 0 bridgehead atoms. The van der Waals surface area contributed by atoms with Crippen molar-refractivity contribution in [2.24, 2.45) is 0 Å². The highest BCUT2D eigenvalue weighted by Crippen LogP contribution is 2.20. The number of carbonyl (C=O) groups is 1. The average Bonchev–Trinajstić information content (AvgIpc) is 2.81. The normalized spacial score (nSPS) is 10.8. The number of fused-ring (bicyclic) bond motifs is 1. The van der Waals surface area contributed by atoms with Crippen LogP contribution in [0.4, 0.5) is 0 Å². The second-order valence-corrected chi connectivity index (χ2v) is 4.91. The van der Waals surface area contributed by atoms with Gasteiger partial charge in [-0.2, -0.15) is 0 Å². The van der Waals surface area contributed by atoms with Crippen LogP contribution in [0.3, 0.4) is 0 Å². The molecule has 3 rings (SSSR count). The lowest BCUT2D eigenvalue weighted by Gasteiger charge is -2.03. The first kappa shape index (κ1) is 11.9. The van der Waals surface area contributed by atoms with Crippen molar-refractivity contribution in [3.05, 3.63) is 52.5 Å². The molecule has 0 spiro atoms. The number of nitrogens with zero attached hydrogens (tertiary/aromatic N) is 3. The number of carboxylic acids is 1. The highest BCUT2D eigenvalue weighted by Gasteiger charge is 2.10. The van der Waals surface area contributed by atoms with Gasteiger partial charge in [0.15, 0.2) is 0 Å².